The zero-order valence-electron chi connectivity index (χ0n) is 13.5. The molecule has 1 saturated heterocycles. The third-order valence-electron chi connectivity index (χ3n) is 4.40. The van der Waals surface area contributed by atoms with Crippen LogP contribution in [0.15, 0.2) is 12.5 Å². The van der Waals surface area contributed by atoms with Gasteiger partial charge in [-0.3, -0.25) is 4.79 Å². The summed E-state index contributed by atoms with van der Waals surface area (Å²) in [5.41, 5.74) is 6.49. The minimum Gasteiger partial charge on any atom is -0.481 e. The second kappa shape index (κ2) is 7.74. The van der Waals surface area contributed by atoms with Gasteiger partial charge in [0.15, 0.2) is 0 Å². The van der Waals surface area contributed by atoms with E-state index in [4.69, 9.17) is 5.73 Å². The Morgan fingerprint density at radius 2 is 2.32 bits per heavy atom. The molecule has 0 amide bonds. The van der Waals surface area contributed by atoms with Crippen LogP contribution in [-0.4, -0.2) is 33.3 Å². The van der Waals surface area contributed by atoms with Crippen LogP contribution in [0.4, 0.5) is 0 Å². The molecule has 1 aromatic heterocycles. The van der Waals surface area contributed by atoms with Gasteiger partial charge in [-0.05, 0) is 44.1 Å². The van der Waals surface area contributed by atoms with Gasteiger partial charge >= 0.3 is 5.97 Å². The summed E-state index contributed by atoms with van der Waals surface area (Å²) in [5, 5.41) is 12.8. The monoisotopic (exact) mass is 308 g/mol. The number of nitrogens with one attached hydrogen (secondary N) is 1. The van der Waals surface area contributed by atoms with Crippen molar-refractivity contribution in [3.8, 4) is 0 Å². The van der Waals surface area contributed by atoms with E-state index in [-0.39, 0.29) is 6.17 Å². The first-order valence-electron chi connectivity index (χ1n) is 8.19. The van der Waals surface area contributed by atoms with E-state index >= 15 is 0 Å². The highest BCUT2D eigenvalue weighted by Gasteiger charge is 2.28. The van der Waals surface area contributed by atoms with E-state index in [1.54, 1.807) is 6.33 Å². The zero-order valence-corrected chi connectivity index (χ0v) is 13.5. The van der Waals surface area contributed by atoms with E-state index in [1.165, 1.54) is 0 Å². The van der Waals surface area contributed by atoms with Gasteiger partial charge in [0.25, 0.3) is 0 Å². The van der Waals surface area contributed by atoms with Crippen molar-refractivity contribution in [2.24, 2.45) is 17.6 Å². The number of aliphatic carboxylic acids is 1. The molecule has 22 heavy (non-hydrogen) atoms. The summed E-state index contributed by atoms with van der Waals surface area (Å²) >= 11 is 0. The summed E-state index contributed by atoms with van der Waals surface area (Å²) in [4.78, 5) is 16.0. The minimum atomic E-state index is -0.788. The first-order chi connectivity index (χ1) is 10.5. The molecule has 0 aromatic carbocycles. The lowest BCUT2D eigenvalue weighted by Crippen LogP contribution is -2.45. The van der Waals surface area contributed by atoms with Gasteiger partial charge < -0.3 is 20.7 Å². The van der Waals surface area contributed by atoms with Crippen LogP contribution >= 0.6 is 0 Å². The highest BCUT2D eigenvalue weighted by Crippen LogP contribution is 2.27. The van der Waals surface area contributed by atoms with Crippen molar-refractivity contribution in [2.45, 2.75) is 58.2 Å². The van der Waals surface area contributed by atoms with Crippen molar-refractivity contribution in [3.05, 3.63) is 18.2 Å². The highest BCUT2D eigenvalue weighted by atomic mass is 16.4. The molecule has 2 heterocycles. The Bertz CT molecular complexity index is 478. The standard InChI is InChI=1S/C16H28N4O2/c1-11(2)5-6-20-9-14(19-10-20)13(16(21)22)7-12-3-4-15(17)18-8-12/h9-13,15,18H,3-8,17H2,1-2H3,(H,21,22)/t12?,13-,15?/m1/s1. The fourth-order valence-corrected chi connectivity index (χ4v) is 2.91. The van der Waals surface area contributed by atoms with Crippen molar-refractivity contribution >= 4 is 5.97 Å². The second-order valence-electron chi connectivity index (χ2n) is 6.80. The molecule has 2 unspecified atom stereocenters. The predicted octanol–water partition coefficient (Wildman–Crippen LogP) is 1.77. The van der Waals surface area contributed by atoms with Gasteiger partial charge in [-0.25, -0.2) is 4.98 Å². The average Bonchev–Trinajstić information content (AvgIpc) is 2.92. The molecule has 2 rings (SSSR count). The minimum absolute atomic E-state index is 0.0507. The molecule has 124 valence electrons. The number of imidazole rings is 1. The number of aryl methyl sites for hydroxylation is 1. The number of hydrogen-bond acceptors (Lipinski definition) is 4. The van der Waals surface area contributed by atoms with Crippen LogP contribution in [0.25, 0.3) is 0 Å². The summed E-state index contributed by atoms with van der Waals surface area (Å²) in [6.45, 7) is 6.03. The summed E-state index contributed by atoms with van der Waals surface area (Å²) in [6.07, 6.45) is 7.26. The van der Waals surface area contributed by atoms with Crippen molar-refractivity contribution in [1.82, 2.24) is 14.9 Å². The summed E-state index contributed by atoms with van der Waals surface area (Å²) in [5.74, 6) is -0.342. The fourth-order valence-electron chi connectivity index (χ4n) is 2.91. The molecule has 0 spiro atoms. The van der Waals surface area contributed by atoms with Crippen LogP contribution in [-0.2, 0) is 11.3 Å². The topological polar surface area (TPSA) is 93.2 Å². The van der Waals surface area contributed by atoms with Gasteiger partial charge in [0.2, 0.25) is 0 Å². The molecule has 6 heteroatoms. The Morgan fingerprint density at radius 1 is 1.55 bits per heavy atom. The van der Waals surface area contributed by atoms with Crippen LogP contribution < -0.4 is 11.1 Å². The van der Waals surface area contributed by atoms with Crippen LogP contribution in [0.5, 0.6) is 0 Å². The third-order valence-corrected chi connectivity index (χ3v) is 4.40. The smallest absolute Gasteiger partial charge is 0.312 e. The van der Waals surface area contributed by atoms with E-state index in [1.807, 2.05) is 10.8 Å². The van der Waals surface area contributed by atoms with E-state index in [2.05, 4.69) is 24.1 Å². The number of carbonyl (C=O) groups is 1. The van der Waals surface area contributed by atoms with Gasteiger partial charge in [-0.2, -0.15) is 0 Å². The maximum Gasteiger partial charge on any atom is 0.312 e. The van der Waals surface area contributed by atoms with Gasteiger partial charge in [0, 0.05) is 12.7 Å². The predicted molar refractivity (Wildman–Crippen MR) is 85.4 cm³/mol. The fraction of sp³-hybridized carbons (Fsp3) is 0.750. The molecule has 0 aliphatic carbocycles. The molecule has 0 radical (unpaired) electrons. The van der Waals surface area contributed by atoms with Crippen molar-refractivity contribution in [2.75, 3.05) is 6.54 Å². The largest absolute Gasteiger partial charge is 0.481 e. The van der Waals surface area contributed by atoms with Crippen LogP contribution in [0, 0.1) is 11.8 Å². The second-order valence-corrected chi connectivity index (χ2v) is 6.80. The van der Waals surface area contributed by atoms with E-state index < -0.39 is 11.9 Å². The normalized spacial score (nSPS) is 23.6. The maximum absolute atomic E-state index is 11.6. The van der Waals surface area contributed by atoms with E-state index in [0.717, 1.165) is 32.4 Å². The Hall–Kier alpha value is -1.40. The first-order valence-corrected chi connectivity index (χ1v) is 8.19. The number of hydrogen-bond donors (Lipinski definition) is 3. The number of aromatic nitrogens is 2. The molecule has 6 nitrogen and oxygen atoms in total. The summed E-state index contributed by atoms with van der Waals surface area (Å²) in [6, 6.07) is 0. The third kappa shape index (κ3) is 4.81. The Kier molecular flexibility index (Phi) is 5.97. The average molecular weight is 308 g/mol. The van der Waals surface area contributed by atoms with Crippen LogP contribution in [0.1, 0.15) is 51.1 Å². The lowest BCUT2D eigenvalue weighted by Gasteiger charge is -2.28. The molecule has 3 atom stereocenters. The Labute approximate surface area is 132 Å². The Morgan fingerprint density at radius 3 is 2.91 bits per heavy atom. The number of nitrogens with two attached hydrogens (primary N) is 1. The number of rotatable bonds is 7. The number of piperidine rings is 1. The SMILES string of the molecule is CC(C)CCn1cnc([C@@H](CC2CCC(N)NC2)C(=O)O)c1. The lowest BCUT2D eigenvalue weighted by molar-refractivity contribution is -0.139. The molecule has 0 saturated carbocycles. The summed E-state index contributed by atoms with van der Waals surface area (Å²) < 4.78 is 2.00. The van der Waals surface area contributed by atoms with Gasteiger partial charge in [-0.15, -0.1) is 0 Å². The number of nitrogens with zero attached hydrogens (tertiary/aromatic N) is 2. The molecule has 4 N–H and O–H groups in total. The van der Waals surface area contributed by atoms with Gasteiger partial charge in [0.1, 0.15) is 5.92 Å². The molecule has 1 aliphatic rings. The van der Waals surface area contributed by atoms with Crippen molar-refractivity contribution in [1.29, 1.82) is 0 Å². The van der Waals surface area contributed by atoms with Gasteiger partial charge in [-0.1, -0.05) is 13.8 Å². The first kappa shape index (κ1) is 17.0. The number of carboxylic acids is 1. The molecular formula is C16H28N4O2. The quantitative estimate of drug-likeness (QED) is 0.714. The molecule has 1 aliphatic heterocycles. The lowest BCUT2D eigenvalue weighted by atomic mass is 9.87. The molecule has 0 bridgehead atoms. The van der Waals surface area contributed by atoms with Crippen molar-refractivity contribution < 1.29 is 9.90 Å². The van der Waals surface area contributed by atoms with Gasteiger partial charge in [0.05, 0.1) is 18.2 Å². The number of carboxylic acid groups (broad SMARTS) is 1. The van der Waals surface area contributed by atoms with Crippen LogP contribution in [0.3, 0.4) is 0 Å². The summed E-state index contributed by atoms with van der Waals surface area (Å²) in [7, 11) is 0. The molecule has 1 fully saturated rings. The maximum atomic E-state index is 11.6. The Balaban J connectivity index is 1.97. The highest BCUT2D eigenvalue weighted by molar-refractivity contribution is 5.75. The van der Waals surface area contributed by atoms with E-state index in [0.29, 0.717) is 24.0 Å². The van der Waals surface area contributed by atoms with Crippen molar-refractivity contribution in [3.63, 3.8) is 0 Å². The van der Waals surface area contributed by atoms with E-state index in [9.17, 15) is 9.90 Å². The zero-order chi connectivity index (χ0) is 16.1. The molecule has 1 aromatic rings. The van der Waals surface area contributed by atoms with Crippen LogP contribution in [0.2, 0.25) is 0 Å². The molecular weight excluding hydrogens is 280 g/mol.